The maximum Gasteiger partial charge on any atom is 0.237 e. The number of carbonyl (C=O) groups is 1. The van der Waals surface area contributed by atoms with Crippen molar-refractivity contribution in [3.8, 4) is 0 Å². The molecule has 1 heterocycles. The molecule has 0 radical (unpaired) electrons. The van der Waals surface area contributed by atoms with Gasteiger partial charge in [0.15, 0.2) is 0 Å². The largest absolute Gasteiger partial charge is 0.329 e. The Balaban J connectivity index is 2.57. The molecule has 1 rings (SSSR count). The maximum absolute atomic E-state index is 11.3. The van der Waals surface area contributed by atoms with Crippen LogP contribution in [0.2, 0.25) is 0 Å². The summed E-state index contributed by atoms with van der Waals surface area (Å²) in [6.07, 6.45) is 0. The number of thioether (sulfide) groups is 1. The molecular weight excluding hydrogens is 158 g/mol. The average Bonchev–Trinajstić information content (AvgIpc) is 1.85. The number of rotatable bonds is 1. The second-order valence-corrected chi connectivity index (χ2v) is 4.20. The first-order chi connectivity index (χ1) is 5.11. The van der Waals surface area contributed by atoms with Crippen molar-refractivity contribution in [3.05, 3.63) is 12.3 Å². The van der Waals surface area contributed by atoms with Gasteiger partial charge in [-0.15, -0.1) is 11.8 Å². The fraction of sp³-hybridized carbons (Fsp3) is 0.625. The van der Waals surface area contributed by atoms with Crippen LogP contribution in [0, 0.1) is 5.92 Å². The van der Waals surface area contributed by atoms with Crippen molar-refractivity contribution in [2.75, 3.05) is 5.75 Å². The second-order valence-electron chi connectivity index (χ2n) is 3.07. The molecule has 0 spiro atoms. The molecule has 1 fully saturated rings. The molecule has 0 aromatic heterocycles. The third kappa shape index (κ3) is 1.99. The highest BCUT2D eigenvalue weighted by Crippen LogP contribution is 2.24. The summed E-state index contributed by atoms with van der Waals surface area (Å²) in [4.78, 5) is 11.3. The standard InChI is InChI=1S/C8H13NOS/c1-5(2)7-8(10)9-6(3)4-11-7/h5,7H,3-4H2,1-2H3,(H,9,10). The Morgan fingerprint density at radius 2 is 2.36 bits per heavy atom. The van der Waals surface area contributed by atoms with Gasteiger partial charge in [-0.2, -0.15) is 0 Å². The predicted molar refractivity (Wildman–Crippen MR) is 48.4 cm³/mol. The van der Waals surface area contributed by atoms with Gasteiger partial charge >= 0.3 is 0 Å². The summed E-state index contributed by atoms with van der Waals surface area (Å²) in [5, 5.41) is 2.87. The van der Waals surface area contributed by atoms with E-state index in [1.54, 1.807) is 11.8 Å². The zero-order valence-electron chi connectivity index (χ0n) is 6.89. The van der Waals surface area contributed by atoms with E-state index in [2.05, 4.69) is 25.7 Å². The summed E-state index contributed by atoms with van der Waals surface area (Å²) in [6.45, 7) is 7.83. The van der Waals surface area contributed by atoms with Crippen LogP contribution in [0.25, 0.3) is 0 Å². The van der Waals surface area contributed by atoms with Gasteiger partial charge in [0.2, 0.25) is 5.91 Å². The average molecular weight is 171 g/mol. The van der Waals surface area contributed by atoms with Crippen LogP contribution in [0.3, 0.4) is 0 Å². The fourth-order valence-corrected chi connectivity index (χ4v) is 2.09. The quantitative estimate of drug-likeness (QED) is 0.646. The van der Waals surface area contributed by atoms with E-state index in [1.807, 2.05) is 0 Å². The summed E-state index contributed by atoms with van der Waals surface area (Å²) < 4.78 is 0. The Labute approximate surface area is 71.4 Å². The first-order valence-corrected chi connectivity index (χ1v) is 4.76. The van der Waals surface area contributed by atoms with Crippen LogP contribution in [0.1, 0.15) is 13.8 Å². The van der Waals surface area contributed by atoms with E-state index in [9.17, 15) is 4.79 Å². The lowest BCUT2D eigenvalue weighted by Crippen LogP contribution is -2.40. The topological polar surface area (TPSA) is 29.1 Å². The van der Waals surface area contributed by atoms with Crippen LogP contribution < -0.4 is 5.32 Å². The van der Waals surface area contributed by atoms with Gasteiger partial charge in [-0.3, -0.25) is 4.79 Å². The molecule has 0 aromatic rings. The van der Waals surface area contributed by atoms with Crippen molar-refractivity contribution >= 4 is 17.7 Å². The van der Waals surface area contributed by atoms with Crippen LogP contribution in [0.5, 0.6) is 0 Å². The molecule has 1 N–H and O–H groups in total. The molecule has 1 amide bonds. The molecule has 0 aromatic carbocycles. The Kier molecular flexibility index (Phi) is 2.60. The molecule has 1 aliphatic heterocycles. The third-order valence-electron chi connectivity index (χ3n) is 1.60. The molecule has 1 saturated heterocycles. The number of amides is 1. The minimum atomic E-state index is 0.112. The van der Waals surface area contributed by atoms with E-state index in [4.69, 9.17) is 0 Å². The van der Waals surface area contributed by atoms with Crippen molar-refractivity contribution in [1.82, 2.24) is 5.32 Å². The number of hydrogen-bond acceptors (Lipinski definition) is 2. The first-order valence-electron chi connectivity index (χ1n) is 3.71. The van der Waals surface area contributed by atoms with Crippen molar-refractivity contribution in [2.45, 2.75) is 19.1 Å². The van der Waals surface area contributed by atoms with E-state index in [-0.39, 0.29) is 11.2 Å². The Morgan fingerprint density at radius 1 is 1.73 bits per heavy atom. The molecule has 1 atom stereocenters. The monoisotopic (exact) mass is 171 g/mol. The molecule has 1 aliphatic rings. The fourth-order valence-electron chi connectivity index (χ4n) is 1.04. The minimum Gasteiger partial charge on any atom is -0.329 e. The van der Waals surface area contributed by atoms with E-state index in [0.717, 1.165) is 11.4 Å². The van der Waals surface area contributed by atoms with Crippen LogP contribution >= 0.6 is 11.8 Å². The lowest BCUT2D eigenvalue weighted by molar-refractivity contribution is -0.120. The van der Waals surface area contributed by atoms with Gasteiger partial charge in [0.1, 0.15) is 0 Å². The van der Waals surface area contributed by atoms with Crippen LogP contribution in [0.15, 0.2) is 12.3 Å². The summed E-state index contributed by atoms with van der Waals surface area (Å²) in [5.74, 6) is 1.38. The molecular formula is C8H13NOS. The normalized spacial score (nSPS) is 25.5. The number of nitrogens with one attached hydrogen (secondary N) is 1. The van der Waals surface area contributed by atoms with Crippen LogP contribution in [-0.4, -0.2) is 16.9 Å². The summed E-state index contributed by atoms with van der Waals surface area (Å²) in [6, 6.07) is 0. The van der Waals surface area contributed by atoms with Gasteiger partial charge < -0.3 is 5.32 Å². The van der Waals surface area contributed by atoms with E-state index in [0.29, 0.717) is 5.92 Å². The maximum atomic E-state index is 11.3. The van der Waals surface area contributed by atoms with Crippen molar-refractivity contribution in [3.63, 3.8) is 0 Å². The molecule has 62 valence electrons. The molecule has 2 nitrogen and oxygen atoms in total. The zero-order chi connectivity index (χ0) is 8.43. The molecule has 3 heteroatoms. The van der Waals surface area contributed by atoms with Gasteiger partial charge in [0.25, 0.3) is 0 Å². The number of carbonyl (C=O) groups excluding carboxylic acids is 1. The van der Waals surface area contributed by atoms with Crippen molar-refractivity contribution in [2.24, 2.45) is 5.92 Å². The first kappa shape index (κ1) is 8.65. The molecule has 1 unspecified atom stereocenters. The molecule has 0 saturated carbocycles. The minimum absolute atomic E-state index is 0.112. The van der Waals surface area contributed by atoms with Gasteiger partial charge in [0.05, 0.1) is 5.25 Å². The second kappa shape index (κ2) is 3.30. The molecule has 0 aliphatic carbocycles. The van der Waals surface area contributed by atoms with Crippen LogP contribution in [0.4, 0.5) is 0 Å². The number of hydrogen-bond donors (Lipinski definition) is 1. The zero-order valence-corrected chi connectivity index (χ0v) is 7.70. The Bertz CT molecular complexity index is 189. The van der Waals surface area contributed by atoms with Gasteiger partial charge in [-0.1, -0.05) is 20.4 Å². The predicted octanol–water partition coefficient (Wildman–Crippen LogP) is 1.39. The lowest BCUT2D eigenvalue weighted by Gasteiger charge is -2.25. The van der Waals surface area contributed by atoms with Gasteiger partial charge in [-0.05, 0) is 5.92 Å². The molecule has 11 heavy (non-hydrogen) atoms. The SMILES string of the molecule is C=C1CSC(C(C)C)C(=O)N1. The lowest BCUT2D eigenvalue weighted by atomic mass is 10.1. The van der Waals surface area contributed by atoms with E-state index in [1.165, 1.54) is 0 Å². The van der Waals surface area contributed by atoms with E-state index < -0.39 is 0 Å². The highest BCUT2D eigenvalue weighted by Gasteiger charge is 2.26. The van der Waals surface area contributed by atoms with Crippen molar-refractivity contribution < 1.29 is 4.79 Å². The summed E-state index contributed by atoms with van der Waals surface area (Å²) in [5.41, 5.74) is 0.830. The highest BCUT2D eigenvalue weighted by molar-refractivity contribution is 8.00. The Hall–Kier alpha value is -0.440. The van der Waals surface area contributed by atoms with Gasteiger partial charge in [-0.25, -0.2) is 0 Å². The summed E-state index contributed by atoms with van der Waals surface area (Å²) in [7, 11) is 0. The van der Waals surface area contributed by atoms with E-state index >= 15 is 0 Å². The smallest absolute Gasteiger partial charge is 0.237 e. The highest BCUT2D eigenvalue weighted by atomic mass is 32.2. The Morgan fingerprint density at radius 3 is 2.82 bits per heavy atom. The third-order valence-corrected chi connectivity index (χ3v) is 3.23. The van der Waals surface area contributed by atoms with Crippen molar-refractivity contribution in [1.29, 1.82) is 0 Å². The van der Waals surface area contributed by atoms with Crippen LogP contribution in [-0.2, 0) is 4.79 Å². The molecule has 0 bridgehead atoms. The van der Waals surface area contributed by atoms with Gasteiger partial charge in [0, 0.05) is 11.4 Å². The summed E-state index contributed by atoms with van der Waals surface area (Å²) >= 11 is 1.68.